The lowest BCUT2D eigenvalue weighted by Gasteiger charge is -2.34. The van der Waals surface area contributed by atoms with Crippen molar-refractivity contribution in [3.8, 4) is 0 Å². The Kier molecular flexibility index (Phi) is 4.47. The van der Waals surface area contributed by atoms with Gasteiger partial charge in [-0.2, -0.15) is 5.10 Å². The molecule has 1 aromatic heterocycles. The van der Waals surface area contributed by atoms with E-state index in [-0.39, 0.29) is 18.4 Å². The predicted octanol–water partition coefficient (Wildman–Crippen LogP) is 1.13. The highest BCUT2D eigenvalue weighted by molar-refractivity contribution is 7.88. The van der Waals surface area contributed by atoms with Crippen LogP contribution in [0.15, 0.2) is 36.5 Å². The van der Waals surface area contributed by atoms with Gasteiger partial charge in [0.2, 0.25) is 10.0 Å². The van der Waals surface area contributed by atoms with Crippen LogP contribution in [0.5, 0.6) is 0 Å². The van der Waals surface area contributed by atoms with Crippen molar-refractivity contribution >= 4 is 10.0 Å². The summed E-state index contributed by atoms with van der Waals surface area (Å²) in [6, 6.07) is 8.37. The van der Waals surface area contributed by atoms with Crippen LogP contribution in [0.1, 0.15) is 17.3 Å². The molecular formula is C15H19FN4O2S. The van der Waals surface area contributed by atoms with Crippen LogP contribution in [0.3, 0.4) is 0 Å². The van der Waals surface area contributed by atoms with Crippen LogP contribution in [0.25, 0.3) is 0 Å². The van der Waals surface area contributed by atoms with Crippen LogP contribution in [0, 0.1) is 5.82 Å². The highest BCUT2D eigenvalue weighted by Crippen LogP contribution is 2.22. The molecule has 1 atom stereocenters. The minimum absolute atomic E-state index is 0.0861. The Labute approximate surface area is 135 Å². The SMILES string of the molecule is CS(=O)(=O)NC[C@@H]1CN(Cc2cccc(F)c2)Cc2ccnn21. The number of sulfonamides is 1. The van der Waals surface area contributed by atoms with E-state index < -0.39 is 10.0 Å². The maximum atomic E-state index is 13.3. The molecule has 124 valence electrons. The molecular weight excluding hydrogens is 319 g/mol. The van der Waals surface area contributed by atoms with Crippen molar-refractivity contribution in [2.24, 2.45) is 0 Å². The number of aromatic nitrogens is 2. The molecule has 0 saturated heterocycles. The van der Waals surface area contributed by atoms with Gasteiger partial charge in [0.05, 0.1) is 18.0 Å². The van der Waals surface area contributed by atoms with Crippen molar-refractivity contribution in [2.45, 2.75) is 19.1 Å². The number of nitrogens with zero attached hydrogens (tertiary/aromatic N) is 3. The van der Waals surface area contributed by atoms with Crippen LogP contribution < -0.4 is 4.72 Å². The number of rotatable bonds is 5. The summed E-state index contributed by atoms with van der Waals surface area (Å²) in [5.41, 5.74) is 1.92. The topological polar surface area (TPSA) is 67.2 Å². The Bertz CT molecular complexity index is 790. The minimum atomic E-state index is -3.25. The van der Waals surface area contributed by atoms with Crippen molar-refractivity contribution in [3.05, 3.63) is 53.6 Å². The maximum absolute atomic E-state index is 13.3. The largest absolute Gasteiger partial charge is 0.291 e. The normalized spacial score (nSPS) is 18.8. The zero-order chi connectivity index (χ0) is 16.4. The quantitative estimate of drug-likeness (QED) is 0.887. The van der Waals surface area contributed by atoms with E-state index in [1.807, 2.05) is 16.8 Å². The number of fused-ring (bicyclic) bond motifs is 1. The monoisotopic (exact) mass is 338 g/mol. The fourth-order valence-corrected chi connectivity index (χ4v) is 3.37. The standard InChI is InChI=1S/C15H19FN4O2S/c1-23(21,22)18-8-15-11-19(10-14-5-6-17-20(14)15)9-12-3-2-4-13(16)7-12/h2-7,15,18H,8-11H2,1H3/t15-/m1/s1. The first-order chi connectivity index (χ1) is 10.9. The smallest absolute Gasteiger partial charge is 0.208 e. The molecule has 2 aromatic rings. The number of hydrogen-bond acceptors (Lipinski definition) is 4. The van der Waals surface area contributed by atoms with Gasteiger partial charge in [0.1, 0.15) is 5.82 Å². The van der Waals surface area contributed by atoms with Gasteiger partial charge in [-0.1, -0.05) is 12.1 Å². The highest BCUT2D eigenvalue weighted by atomic mass is 32.2. The fourth-order valence-electron chi connectivity index (χ4n) is 2.88. The Morgan fingerprint density at radius 2 is 2.22 bits per heavy atom. The Balaban J connectivity index is 1.74. The third-order valence-corrected chi connectivity index (χ3v) is 4.52. The molecule has 0 fully saturated rings. The number of hydrogen-bond donors (Lipinski definition) is 1. The lowest BCUT2D eigenvalue weighted by Crippen LogP contribution is -2.42. The molecule has 0 spiro atoms. The summed E-state index contributed by atoms with van der Waals surface area (Å²) >= 11 is 0. The average Bonchev–Trinajstić information content (AvgIpc) is 2.92. The summed E-state index contributed by atoms with van der Waals surface area (Å²) in [6.45, 7) is 2.24. The van der Waals surface area contributed by atoms with Crippen molar-refractivity contribution < 1.29 is 12.8 Å². The third kappa shape index (κ3) is 4.15. The van der Waals surface area contributed by atoms with Gasteiger partial charge in [0, 0.05) is 32.4 Å². The van der Waals surface area contributed by atoms with Gasteiger partial charge >= 0.3 is 0 Å². The molecule has 6 nitrogen and oxygen atoms in total. The van der Waals surface area contributed by atoms with Crippen LogP contribution in [-0.2, 0) is 23.1 Å². The first-order valence-corrected chi connectivity index (χ1v) is 9.24. The van der Waals surface area contributed by atoms with Gasteiger partial charge in [-0.15, -0.1) is 0 Å². The van der Waals surface area contributed by atoms with Crippen LogP contribution in [0.4, 0.5) is 4.39 Å². The van der Waals surface area contributed by atoms with Crippen molar-refractivity contribution in [1.82, 2.24) is 19.4 Å². The van der Waals surface area contributed by atoms with Crippen LogP contribution in [0.2, 0.25) is 0 Å². The van der Waals surface area contributed by atoms with E-state index in [1.54, 1.807) is 12.3 Å². The van der Waals surface area contributed by atoms with E-state index in [4.69, 9.17) is 0 Å². The molecule has 1 aromatic carbocycles. The minimum Gasteiger partial charge on any atom is -0.291 e. The first-order valence-electron chi connectivity index (χ1n) is 7.34. The zero-order valence-corrected chi connectivity index (χ0v) is 13.6. The Hall–Kier alpha value is -1.77. The predicted molar refractivity (Wildman–Crippen MR) is 84.6 cm³/mol. The van der Waals surface area contributed by atoms with Crippen molar-refractivity contribution in [1.29, 1.82) is 0 Å². The van der Waals surface area contributed by atoms with E-state index in [2.05, 4.69) is 14.7 Å². The molecule has 0 radical (unpaired) electrons. The molecule has 0 saturated carbocycles. The summed E-state index contributed by atoms with van der Waals surface area (Å²) in [5, 5.41) is 4.29. The Morgan fingerprint density at radius 1 is 1.39 bits per heavy atom. The summed E-state index contributed by atoms with van der Waals surface area (Å²) in [6.07, 6.45) is 2.86. The maximum Gasteiger partial charge on any atom is 0.208 e. The second-order valence-electron chi connectivity index (χ2n) is 5.84. The molecule has 1 N–H and O–H groups in total. The molecule has 23 heavy (non-hydrogen) atoms. The molecule has 0 unspecified atom stereocenters. The average molecular weight is 338 g/mol. The fraction of sp³-hybridized carbons (Fsp3) is 0.400. The number of halogens is 1. The van der Waals surface area contributed by atoms with Crippen molar-refractivity contribution in [3.63, 3.8) is 0 Å². The summed E-state index contributed by atoms with van der Waals surface area (Å²) < 4.78 is 40.4. The van der Waals surface area contributed by atoms with E-state index in [0.29, 0.717) is 19.6 Å². The van der Waals surface area contributed by atoms with Gasteiger partial charge in [-0.25, -0.2) is 17.5 Å². The number of benzene rings is 1. The van der Waals surface area contributed by atoms with Crippen LogP contribution >= 0.6 is 0 Å². The van der Waals surface area contributed by atoms with Gasteiger partial charge in [-0.05, 0) is 23.8 Å². The van der Waals surface area contributed by atoms with Crippen molar-refractivity contribution in [2.75, 3.05) is 19.3 Å². The third-order valence-electron chi connectivity index (χ3n) is 3.83. The van der Waals surface area contributed by atoms with Gasteiger partial charge < -0.3 is 0 Å². The molecule has 0 bridgehead atoms. The van der Waals surface area contributed by atoms with E-state index in [1.165, 1.54) is 12.1 Å². The van der Waals surface area contributed by atoms with E-state index in [9.17, 15) is 12.8 Å². The Morgan fingerprint density at radius 3 is 2.96 bits per heavy atom. The number of nitrogens with one attached hydrogen (secondary N) is 1. The molecule has 1 aliphatic rings. The van der Waals surface area contributed by atoms with E-state index in [0.717, 1.165) is 17.5 Å². The molecule has 2 heterocycles. The summed E-state index contributed by atoms with van der Waals surface area (Å²) in [5.74, 6) is -0.250. The summed E-state index contributed by atoms with van der Waals surface area (Å²) in [7, 11) is -3.25. The zero-order valence-electron chi connectivity index (χ0n) is 12.8. The molecule has 0 amide bonds. The van der Waals surface area contributed by atoms with Crippen LogP contribution in [-0.4, -0.2) is 42.4 Å². The first kappa shape index (κ1) is 16.1. The molecule has 1 aliphatic heterocycles. The molecule has 0 aliphatic carbocycles. The summed E-state index contributed by atoms with van der Waals surface area (Å²) in [4.78, 5) is 2.17. The second kappa shape index (κ2) is 6.38. The highest BCUT2D eigenvalue weighted by Gasteiger charge is 2.26. The lowest BCUT2D eigenvalue weighted by molar-refractivity contribution is 0.168. The molecule has 8 heteroatoms. The van der Waals surface area contributed by atoms with Gasteiger partial charge in [-0.3, -0.25) is 9.58 Å². The molecule has 3 rings (SSSR count). The second-order valence-corrected chi connectivity index (χ2v) is 7.67. The van der Waals surface area contributed by atoms with Gasteiger partial charge in [0.15, 0.2) is 0 Å². The van der Waals surface area contributed by atoms with Gasteiger partial charge in [0.25, 0.3) is 0 Å². The lowest BCUT2D eigenvalue weighted by atomic mass is 10.1. The van der Waals surface area contributed by atoms with E-state index >= 15 is 0 Å².